The average Bonchev–Trinajstić information content (AvgIpc) is 2.37. The van der Waals surface area contributed by atoms with Gasteiger partial charge in [0.05, 0.1) is 5.75 Å². The summed E-state index contributed by atoms with van der Waals surface area (Å²) in [4.78, 5) is 14.0. The summed E-state index contributed by atoms with van der Waals surface area (Å²) in [7, 11) is -3.41. The third kappa shape index (κ3) is 6.73. The van der Waals surface area contributed by atoms with E-state index in [0.29, 0.717) is 6.54 Å². The van der Waals surface area contributed by atoms with Gasteiger partial charge in [0.15, 0.2) is 9.84 Å². The number of amides is 1. The van der Waals surface area contributed by atoms with Gasteiger partial charge in [0, 0.05) is 6.54 Å². The first-order chi connectivity index (χ1) is 8.88. The van der Waals surface area contributed by atoms with E-state index in [0.717, 1.165) is 26.1 Å². The fraction of sp³-hybridized carbons (Fsp3) is 0.769. The second-order valence-corrected chi connectivity index (χ2v) is 6.80. The van der Waals surface area contributed by atoms with E-state index in [2.05, 4.69) is 30.6 Å². The zero-order valence-electron chi connectivity index (χ0n) is 12.2. The molecule has 0 heterocycles. The lowest BCUT2D eigenvalue weighted by Gasteiger charge is -2.18. The number of rotatable bonds is 10. The molecule has 0 aromatic carbocycles. The van der Waals surface area contributed by atoms with Gasteiger partial charge in [0.25, 0.3) is 0 Å². The highest BCUT2D eigenvalue weighted by Crippen LogP contribution is 2.02. The normalized spacial score (nSPS) is 13.3. The second kappa shape index (κ2) is 9.09. The number of hydrogen-bond donors (Lipinski definition) is 1. The maximum atomic E-state index is 11.7. The highest BCUT2D eigenvalue weighted by atomic mass is 32.2. The molecule has 0 aliphatic carbocycles. The van der Waals surface area contributed by atoms with Crippen molar-refractivity contribution < 1.29 is 13.2 Å². The molecule has 0 aliphatic rings. The largest absolute Gasteiger partial charge is 0.355 e. The minimum absolute atomic E-state index is 0.166. The van der Waals surface area contributed by atoms with Crippen LogP contribution >= 0.6 is 0 Å². The van der Waals surface area contributed by atoms with E-state index in [9.17, 15) is 13.2 Å². The molecule has 1 N–H and O–H groups in total. The van der Waals surface area contributed by atoms with Crippen molar-refractivity contribution in [3.05, 3.63) is 12.7 Å². The van der Waals surface area contributed by atoms with Gasteiger partial charge in [0.1, 0.15) is 5.25 Å². The Morgan fingerprint density at radius 1 is 1.37 bits per heavy atom. The Morgan fingerprint density at radius 3 is 2.42 bits per heavy atom. The first-order valence-corrected chi connectivity index (χ1v) is 8.43. The summed E-state index contributed by atoms with van der Waals surface area (Å²) in [6, 6.07) is 0. The molecule has 0 saturated carbocycles. The maximum Gasteiger partial charge on any atom is 0.238 e. The quantitative estimate of drug-likeness (QED) is 0.478. The first kappa shape index (κ1) is 18.1. The van der Waals surface area contributed by atoms with Crippen LogP contribution in [-0.2, 0) is 14.6 Å². The Hall–Kier alpha value is -0.880. The number of nitrogens with zero attached hydrogens (tertiary/aromatic N) is 1. The van der Waals surface area contributed by atoms with Crippen molar-refractivity contribution in [1.29, 1.82) is 0 Å². The van der Waals surface area contributed by atoms with Gasteiger partial charge in [-0.2, -0.15) is 0 Å². The molecule has 0 saturated heterocycles. The second-order valence-electron chi connectivity index (χ2n) is 4.43. The Bertz CT molecular complexity index is 375. The van der Waals surface area contributed by atoms with Crippen LogP contribution in [0, 0.1) is 0 Å². The maximum absolute atomic E-state index is 11.7. The number of carbonyl (C=O) groups is 1. The molecular formula is C13H26N2O3S. The van der Waals surface area contributed by atoms with Crippen LogP contribution in [0.15, 0.2) is 12.7 Å². The highest BCUT2D eigenvalue weighted by Gasteiger charge is 2.26. The SMILES string of the molecule is C=CCS(=O)(=O)C(C)C(=O)NCCCN(CC)CC. The summed E-state index contributed by atoms with van der Waals surface area (Å²) in [6.07, 6.45) is 2.13. The van der Waals surface area contributed by atoms with Crippen molar-refractivity contribution in [1.82, 2.24) is 10.2 Å². The van der Waals surface area contributed by atoms with Crippen LogP contribution in [0.3, 0.4) is 0 Å². The monoisotopic (exact) mass is 290 g/mol. The molecule has 1 amide bonds. The van der Waals surface area contributed by atoms with Crippen molar-refractivity contribution >= 4 is 15.7 Å². The summed E-state index contributed by atoms with van der Waals surface area (Å²) < 4.78 is 23.3. The Balaban J connectivity index is 4.08. The lowest BCUT2D eigenvalue weighted by Crippen LogP contribution is -2.39. The summed E-state index contributed by atoms with van der Waals surface area (Å²) in [6.45, 7) is 12.3. The number of hydrogen-bond acceptors (Lipinski definition) is 4. The smallest absolute Gasteiger partial charge is 0.238 e. The Morgan fingerprint density at radius 2 is 1.95 bits per heavy atom. The lowest BCUT2D eigenvalue weighted by molar-refractivity contribution is -0.120. The van der Waals surface area contributed by atoms with Gasteiger partial charge in [-0.25, -0.2) is 8.42 Å². The van der Waals surface area contributed by atoms with Gasteiger partial charge in [-0.3, -0.25) is 4.79 Å². The lowest BCUT2D eigenvalue weighted by atomic mass is 10.3. The minimum Gasteiger partial charge on any atom is -0.355 e. The predicted molar refractivity (Wildman–Crippen MR) is 78.9 cm³/mol. The van der Waals surface area contributed by atoms with Crippen LogP contribution in [0.2, 0.25) is 0 Å². The van der Waals surface area contributed by atoms with E-state index >= 15 is 0 Å². The van der Waals surface area contributed by atoms with E-state index in [1.807, 2.05) is 0 Å². The Kier molecular flexibility index (Phi) is 8.67. The molecule has 5 nitrogen and oxygen atoms in total. The van der Waals surface area contributed by atoms with E-state index in [-0.39, 0.29) is 5.75 Å². The molecule has 0 aromatic rings. The van der Waals surface area contributed by atoms with Crippen LogP contribution < -0.4 is 5.32 Å². The topological polar surface area (TPSA) is 66.5 Å². The van der Waals surface area contributed by atoms with Gasteiger partial charge in [0.2, 0.25) is 5.91 Å². The van der Waals surface area contributed by atoms with Crippen LogP contribution in [0.1, 0.15) is 27.2 Å². The predicted octanol–water partition coefficient (Wildman–Crippen LogP) is 0.824. The Labute approximate surface area is 117 Å². The van der Waals surface area contributed by atoms with E-state index in [1.54, 1.807) is 0 Å². The molecule has 0 fully saturated rings. The molecule has 0 rings (SSSR count). The zero-order chi connectivity index (χ0) is 14.9. The standard InChI is InChI=1S/C13H26N2O3S/c1-5-11-19(17,18)12(4)13(16)14-9-8-10-15(6-2)7-3/h5,12H,1,6-11H2,2-4H3,(H,14,16). The van der Waals surface area contributed by atoms with Crippen LogP contribution in [0.25, 0.3) is 0 Å². The summed E-state index contributed by atoms with van der Waals surface area (Å²) in [5.41, 5.74) is 0. The van der Waals surface area contributed by atoms with Crippen molar-refractivity contribution in [3.8, 4) is 0 Å². The molecule has 112 valence electrons. The number of carbonyl (C=O) groups excluding carboxylic acids is 1. The summed E-state index contributed by atoms with van der Waals surface area (Å²) in [5, 5.41) is 1.66. The van der Waals surface area contributed by atoms with Crippen LogP contribution in [-0.4, -0.2) is 56.4 Å². The molecule has 1 unspecified atom stereocenters. The van der Waals surface area contributed by atoms with Crippen molar-refractivity contribution in [2.45, 2.75) is 32.4 Å². The van der Waals surface area contributed by atoms with Crippen molar-refractivity contribution in [2.75, 3.05) is 31.9 Å². The number of sulfone groups is 1. The third-order valence-electron chi connectivity index (χ3n) is 3.10. The molecule has 0 radical (unpaired) electrons. The molecule has 6 heteroatoms. The van der Waals surface area contributed by atoms with Gasteiger partial charge < -0.3 is 10.2 Å². The summed E-state index contributed by atoms with van der Waals surface area (Å²) in [5.74, 6) is -0.595. The van der Waals surface area contributed by atoms with Gasteiger partial charge >= 0.3 is 0 Å². The van der Waals surface area contributed by atoms with Gasteiger partial charge in [-0.1, -0.05) is 19.9 Å². The number of nitrogens with one attached hydrogen (secondary N) is 1. The molecule has 0 spiro atoms. The fourth-order valence-corrected chi connectivity index (χ4v) is 2.70. The van der Waals surface area contributed by atoms with E-state index < -0.39 is 21.0 Å². The molecular weight excluding hydrogens is 264 g/mol. The van der Waals surface area contributed by atoms with Gasteiger partial charge in [-0.15, -0.1) is 6.58 Å². The highest BCUT2D eigenvalue weighted by molar-refractivity contribution is 7.92. The van der Waals surface area contributed by atoms with E-state index in [4.69, 9.17) is 0 Å². The van der Waals surface area contributed by atoms with Gasteiger partial charge in [-0.05, 0) is 33.0 Å². The minimum atomic E-state index is -3.41. The van der Waals surface area contributed by atoms with E-state index in [1.165, 1.54) is 13.0 Å². The molecule has 0 bridgehead atoms. The molecule has 19 heavy (non-hydrogen) atoms. The fourth-order valence-electron chi connectivity index (χ4n) is 1.67. The average molecular weight is 290 g/mol. The zero-order valence-corrected chi connectivity index (χ0v) is 13.0. The molecule has 0 aromatic heterocycles. The molecule has 1 atom stereocenters. The molecule has 0 aliphatic heterocycles. The van der Waals surface area contributed by atoms with Crippen LogP contribution in [0.4, 0.5) is 0 Å². The van der Waals surface area contributed by atoms with Crippen LogP contribution in [0.5, 0.6) is 0 Å². The first-order valence-electron chi connectivity index (χ1n) is 6.71. The summed E-state index contributed by atoms with van der Waals surface area (Å²) >= 11 is 0. The van der Waals surface area contributed by atoms with Crippen molar-refractivity contribution in [3.63, 3.8) is 0 Å². The third-order valence-corrected chi connectivity index (χ3v) is 5.09. The van der Waals surface area contributed by atoms with Crippen molar-refractivity contribution in [2.24, 2.45) is 0 Å².